The molecule has 4 aromatic rings. The van der Waals surface area contributed by atoms with Crippen molar-refractivity contribution in [1.82, 2.24) is 10.3 Å². The Balaban J connectivity index is 1.52. The lowest BCUT2D eigenvalue weighted by Crippen LogP contribution is -2.32. The molecule has 8 heteroatoms. The van der Waals surface area contributed by atoms with Crippen LogP contribution in [0.1, 0.15) is 25.3 Å². The monoisotopic (exact) mass is 552 g/mol. The van der Waals surface area contributed by atoms with Crippen LogP contribution in [0, 0.1) is 0 Å². The molecule has 1 aliphatic heterocycles. The van der Waals surface area contributed by atoms with Gasteiger partial charge in [0.15, 0.2) is 0 Å². The van der Waals surface area contributed by atoms with Crippen LogP contribution in [0.25, 0.3) is 21.8 Å². The van der Waals surface area contributed by atoms with E-state index in [0.717, 1.165) is 38.9 Å². The van der Waals surface area contributed by atoms with Crippen LogP contribution in [0.15, 0.2) is 107 Å². The molecule has 0 aliphatic carbocycles. The van der Waals surface area contributed by atoms with E-state index in [-0.39, 0.29) is 0 Å². The molecule has 0 saturated carbocycles. The predicted molar refractivity (Wildman–Crippen MR) is 155 cm³/mol. The number of nitrogens with one attached hydrogen (secondary N) is 1. The number of dihydropyridines is 1. The van der Waals surface area contributed by atoms with Gasteiger partial charge < -0.3 is 19.5 Å². The van der Waals surface area contributed by atoms with Crippen LogP contribution in [0.5, 0.6) is 11.5 Å². The standard InChI is InChI=1S/C32H28N2O5S/c1-19-27(31(35)37-3)29(28(20(2)33-19)32(36)38-4)24-12-8-9-13-25(24)30-34-26(18-40-30)21-14-16-23(17-15-21)39-22-10-6-5-7-11-22/h5-18,29,33H,1-4H3. The van der Waals surface area contributed by atoms with Gasteiger partial charge in [-0.3, -0.25) is 0 Å². The van der Waals surface area contributed by atoms with Gasteiger partial charge in [0.25, 0.3) is 0 Å². The Kier molecular flexibility index (Phi) is 7.79. The lowest BCUT2D eigenvalue weighted by atomic mass is 9.78. The highest BCUT2D eigenvalue weighted by Crippen LogP contribution is 2.44. The summed E-state index contributed by atoms with van der Waals surface area (Å²) in [5.41, 5.74) is 5.28. The molecule has 3 aromatic carbocycles. The number of para-hydroxylation sites is 1. The molecule has 0 spiro atoms. The Morgan fingerprint density at radius 2 is 1.35 bits per heavy atom. The summed E-state index contributed by atoms with van der Waals surface area (Å²) in [5, 5.41) is 5.90. The molecule has 2 heterocycles. The van der Waals surface area contributed by atoms with E-state index in [1.807, 2.05) is 84.2 Å². The first-order valence-electron chi connectivity index (χ1n) is 12.6. The van der Waals surface area contributed by atoms with Crippen molar-refractivity contribution in [2.45, 2.75) is 19.8 Å². The number of allylic oxidation sites excluding steroid dienone is 2. The first-order chi connectivity index (χ1) is 19.4. The average Bonchev–Trinajstić information content (AvgIpc) is 3.47. The number of benzene rings is 3. The normalized spacial score (nSPS) is 13.6. The predicted octanol–water partition coefficient (Wildman–Crippen LogP) is 6.85. The van der Waals surface area contributed by atoms with Crippen molar-refractivity contribution in [1.29, 1.82) is 0 Å². The summed E-state index contributed by atoms with van der Waals surface area (Å²) in [5.74, 6) is -0.226. The Hall–Kier alpha value is -4.69. The maximum Gasteiger partial charge on any atom is 0.336 e. The summed E-state index contributed by atoms with van der Waals surface area (Å²) >= 11 is 1.49. The maximum atomic E-state index is 13.0. The maximum absolute atomic E-state index is 13.0. The third-order valence-electron chi connectivity index (χ3n) is 6.71. The molecule has 7 nitrogen and oxygen atoms in total. The second-order valence-electron chi connectivity index (χ2n) is 9.18. The van der Waals surface area contributed by atoms with E-state index in [1.54, 1.807) is 13.8 Å². The van der Waals surface area contributed by atoms with Crippen molar-refractivity contribution in [2.75, 3.05) is 14.2 Å². The third kappa shape index (κ3) is 5.26. The zero-order chi connectivity index (χ0) is 28.2. The van der Waals surface area contributed by atoms with E-state index < -0.39 is 17.9 Å². The van der Waals surface area contributed by atoms with Crippen molar-refractivity contribution in [3.8, 4) is 33.3 Å². The first-order valence-corrected chi connectivity index (χ1v) is 13.5. The Bertz CT molecular complexity index is 1580. The molecule has 0 bridgehead atoms. The van der Waals surface area contributed by atoms with Crippen LogP contribution in [-0.2, 0) is 19.1 Å². The molecule has 5 rings (SSSR count). The number of hydrogen-bond acceptors (Lipinski definition) is 8. The largest absolute Gasteiger partial charge is 0.466 e. The number of aromatic nitrogens is 1. The van der Waals surface area contributed by atoms with Gasteiger partial charge in [0, 0.05) is 27.9 Å². The zero-order valence-electron chi connectivity index (χ0n) is 22.6. The number of esters is 2. The van der Waals surface area contributed by atoms with E-state index in [2.05, 4.69) is 5.32 Å². The summed E-state index contributed by atoms with van der Waals surface area (Å²) in [6.07, 6.45) is 0. The molecule has 1 aromatic heterocycles. The van der Waals surface area contributed by atoms with Crippen LogP contribution < -0.4 is 10.1 Å². The van der Waals surface area contributed by atoms with Crippen molar-refractivity contribution in [3.63, 3.8) is 0 Å². The van der Waals surface area contributed by atoms with Crippen molar-refractivity contribution >= 4 is 23.3 Å². The summed E-state index contributed by atoms with van der Waals surface area (Å²) in [6, 6.07) is 25.0. The number of ether oxygens (including phenoxy) is 3. The molecule has 202 valence electrons. The highest BCUT2D eigenvalue weighted by molar-refractivity contribution is 7.13. The molecule has 1 aliphatic rings. The molecule has 40 heavy (non-hydrogen) atoms. The molecule has 0 atom stereocenters. The van der Waals surface area contributed by atoms with E-state index in [1.165, 1.54) is 25.6 Å². The quantitative estimate of drug-likeness (QED) is 0.251. The van der Waals surface area contributed by atoms with Crippen molar-refractivity contribution in [2.24, 2.45) is 0 Å². The van der Waals surface area contributed by atoms with E-state index in [4.69, 9.17) is 19.2 Å². The fourth-order valence-corrected chi connectivity index (χ4v) is 5.73. The number of carbonyl (C=O) groups excluding carboxylic acids is 2. The zero-order valence-corrected chi connectivity index (χ0v) is 23.4. The van der Waals surface area contributed by atoms with Crippen LogP contribution in [0.4, 0.5) is 0 Å². The van der Waals surface area contributed by atoms with Crippen LogP contribution in [0.3, 0.4) is 0 Å². The second kappa shape index (κ2) is 11.6. The molecule has 0 unspecified atom stereocenters. The molecular weight excluding hydrogens is 524 g/mol. The van der Waals surface area contributed by atoms with Gasteiger partial charge in [-0.25, -0.2) is 14.6 Å². The summed E-state index contributed by atoms with van der Waals surface area (Å²) in [6.45, 7) is 3.60. The minimum Gasteiger partial charge on any atom is -0.466 e. The minimum absolute atomic E-state index is 0.353. The number of nitrogens with zero attached hydrogens (tertiary/aromatic N) is 1. The smallest absolute Gasteiger partial charge is 0.336 e. The van der Waals surface area contributed by atoms with E-state index >= 15 is 0 Å². The van der Waals surface area contributed by atoms with Crippen molar-refractivity contribution in [3.05, 3.63) is 112 Å². The van der Waals surface area contributed by atoms with Crippen LogP contribution in [-0.4, -0.2) is 31.1 Å². The van der Waals surface area contributed by atoms with Crippen LogP contribution in [0.2, 0.25) is 0 Å². The number of carbonyl (C=O) groups is 2. The second-order valence-corrected chi connectivity index (χ2v) is 10.0. The number of thiazole rings is 1. The average molecular weight is 553 g/mol. The Labute approximate surface area is 236 Å². The molecular formula is C32H28N2O5S. The van der Waals surface area contributed by atoms with E-state index in [9.17, 15) is 9.59 Å². The number of rotatable bonds is 7. The lowest BCUT2D eigenvalue weighted by Gasteiger charge is -2.31. The fourth-order valence-electron chi connectivity index (χ4n) is 4.86. The van der Waals surface area contributed by atoms with Gasteiger partial charge in [-0.1, -0.05) is 42.5 Å². The summed E-state index contributed by atoms with van der Waals surface area (Å²) < 4.78 is 16.2. The van der Waals surface area contributed by atoms with Gasteiger partial charge in [-0.2, -0.15) is 0 Å². The minimum atomic E-state index is -0.695. The Morgan fingerprint density at radius 3 is 1.98 bits per heavy atom. The topological polar surface area (TPSA) is 86.8 Å². The van der Waals surface area contributed by atoms with Gasteiger partial charge in [0.2, 0.25) is 0 Å². The first kappa shape index (κ1) is 26.9. The summed E-state index contributed by atoms with van der Waals surface area (Å²) in [4.78, 5) is 30.9. The van der Waals surface area contributed by atoms with Gasteiger partial charge in [-0.15, -0.1) is 11.3 Å². The highest BCUT2D eigenvalue weighted by Gasteiger charge is 2.38. The van der Waals surface area contributed by atoms with Crippen LogP contribution >= 0.6 is 11.3 Å². The molecule has 1 N–H and O–H groups in total. The number of methoxy groups -OCH3 is 2. The van der Waals surface area contributed by atoms with E-state index in [0.29, 0.717) is 22.5 Å². The third-order valence-corrected chi connectivity index (χ3v) is 7.58. The molecule has 0 saturated heterocycles. The molecule has 0 fully saturated rings. The van der Waals surface area contributed by atoms with Gasteiger partial charge in [0.1, 0.15) is 16.5 Å². The molecule has 0 radical (unpaired) electrons. The van der Waals surface area contributed by atoms with Gasteiger partial charge in [-0.05, 0) is 55.8 Å². The van der Waals surface area contributed by atoms with Crippen molar-refractivity contribution < 1.29 is 23.8 Å². The Morgan fingerprint density at radius 1 is 0.775 bits per heavy atom. The van der Waals surface area contributed by atoms with Gasteiger partial charge >= 0.3 is 11.9 Å². The SMILES string of the molecule is COC(=O)C1=C(C)NC(C)=C(C(=O)OC)C1c1ccccc1-c1nc(-c2ccc(Oc3ccccc3)cc2)cs1. The van der Waals surface area contributed by atoms with Gasteiger partial charge in [0.05, 0.1) is 37.0 Å². The summed E-state index contributed by atoms with van der Waals surface area (Å²) in [7, 11) is 2.66. The lowest BCUT2D eigenvalue weighted by molar-refractivity contribution is -0.137. The molecule has 0 amide bonds. The number of hydrogen-bond donors (Lipinski definition) is 1. The fraction of sp³-hybridized carbons (Fsp3) is 0.156. The highest BCUT2D eigenvalue weighted by atomic mass is 32.1.